The highest BCUT2D eigenvalue weighted by Crippen LogP contribution is 2.24. The number of aromatic nitrogens is 3. The molecule has 1 aromatic carbocycles. The molecule has 2 aromatic heterocycles. The number of imidazole rings is 1. The Kier molecular flexibility index (Phi) is 3.92. The van der Waals surface area contributed by atoms with Crippen molar-refractivity contribution in [1.29, 1.82) is 0 Å². The Hall–Kier alpha value is -2.96. The number of nitro groups is 1. The standard InChI is InChI=1S/C16H17N5O2/c1-11-19-16(21(22)23)15(20(11)2)18-10-8-13-6-3-5-12-7-4-9-17-14(12)13/h3-7,9,18H,8,10H2,1-2H3. The predicted octanol–water partition coefficient (Wildman–Crippen LogP) is 2.84. The SMILES string of the molecule is Cc1nc([N+](=O)[O-])c(NCCc2cccc3cccnc23)n1C. The molecule has 0 aliphatic heterocycles. The molecule has 0 saturated heterocycles. The van der Waals surface area contributed by atoms with Gasteiger partial charge in [0.15, 0.2) is 0 Å². The molecule has 0 atom stereocenters. The normalized spacial score (nSPS) is 10.9. The third-order valence-electron chi connectivity index (χ3n) is 3.88. The second kappa shape index (κ2) is 6.04. The molecule has 0 spiro atoms. The summed E-state index contributed by atoms with van der Waals surface area (Å²) in [7, 11) is 1.76. The van der Waals surface area contributed by atoms with E-state index in [-0.39, 0.29) is 5.82 Å². The predicted molar refractivity (Wildman–Crippen MR) is 88.5 cm³/mol. The molecule has 7 heteroatoms. The van der Waals surface area contributed by atoms with E-state index >= 15 is 0 Å². The van der Waals surface area contributed by atoms with Gasteiger partial charge in [0.05, 0.1) is 5.52 Å². The van der Waals surface area contributed by atoms with E-state index < -0.39 is 4.92 Å². The highest BCUT2D eigenvalue weighted by molar-refractivity contribution is 5.81. The Morgan fingerprint density at radius 3 is 2.87 bits per heavy atom. The van der Waals surface area contributed by atoms with Crippen molar-refractivity contribution in [3.05, 3.63) is 58.0 Å². The number of aryl methyl sites for hydroxylation is 1. The molecular weight excluding hydrogens is 294 g/mol. The molecule has 0 aliphatic carbocycles. The maximum Gasteiger partial charge on any atom is 0.406 e. The number of nitrogens with one attached hydrogen (secondary N) is 1. The first-order valence-corrected chi connectivity index (χ1v) is 7.32. The average Bonchev–Trinajstić information content (AvgIpc) is 2.84. The van der Waals surface area contributed by atoms with Crippen LogP contribution < -0.4 is 5.32 Å². The van der Waals surface area contributed by atoms with Crippen molar-refractivity contribution in [1.82, 2.24) is 14.5 Å². The van der Waals surface area contributed by atoms with Crippen molar-refractivity contribution >= 4 is 22.5 Å². The first-order valence-electron chi connectivity index (χ1n) is 7.32. The monoisotopic (exact) mass is 311 g/mol. The minimum absolute atomic E-state index is 0.138. The van der Waals surface area contributed by atoms with Crippen LogP contribution >= 0.6 is 0 Å². The molecule has 2 heterocycles. The molecule has 3 aromatic rings. The number of benzene rings is 1. The van der Waals surface area contributed by atoms with Crippen LogP contribution in [0.3, 0.4) is 0 Å². The molecule has 7 nitrogen and oxygen atoms in total. The van der Waals surface area contributed by atoms with E-state index in [0.29, 0.717) is 18.2 Å². The van der Waals surface area contributed by atoms with Gasteiger partial charge in [-0.05, 0) is 28.0 Å². The fraction of sp³-hybridized carbons (Fsp3) is 0.250. The fourth-order valence-corrected chi connectivity index (χ4v) is 2.60. The van der Waals surface area contributed by atoms with Crippen LogP contribution in [0.25, 0.3) is 10.9 Å². The number of pyridine rings is 1. The summed E-state index contributed by atoms with van der Waals surface area (Å²) in [6, 6.07) is 9.98. The molecule has 0 amide bonds. The summed E-state index contributed by atoms with van der Waals surface area (Å²) in [5, 5.41) is 15.3. The zero-order valence-corrected chi connectivity index (χ0v) is 13.0. The van der Waals surface area contributed by atoms with Crippen LogP contribution in [0.15, 0.2) is 36.5 Å². The molecule has 0 aliphatic rings. The van der Waals surface area contributed by atoms with Crippen LogP contribution in [0.2, 0.25) is 0 Å². The minimum atomic E-state index is -0.463. The van der Waals surface area contributed by atoms with E-state index in [1.54, 1.807) is 24.7 Å². The number of anilines is 1. The molecular formula is C16H17N5O2. The van der Waals surface area contributed by atoms with Gasteiger partial charge in [0.25, 0.3) is 0 Å². The molecule has 0 saturated carbocycles. The number of hydrogen-bond donors (Lipinski definition) is 1. The van der Waals surface area contributed by atoms with Crippen LogP contribution in [-0.4, -0.2) is 26.0 Å². The Bertz CT molecular complexity index is 867. The zero-order chi connectivity index (χ0) is 16.4. The van der Waals surface area contributed by atoms with E-state index in [2.05, 4.69) is 15.3 Å². The summed E-state index contributed by atoms with van der Waals surface area (Å²) in [5.74, 6) is 0.896. The Labute approximate surface area is 133 Å². The second-order valence-electron chi connectivity index (χ2n) is 5.32. The maximum absolute atomic E-state index is 11.1. The highest BCUT2D eigenvalue weighted by atomic mass is 16.6. The van der Waals surface area contributed by atoms with Crippen molar-refractivity contribution in [3.63, 3.8) is 0 Å². The topological polar surface area (TPSA) is 85.9 Å². The highest BCUT2D eigenvalue weighted by Gasteiger charge is 2.23. The van der Waals surface area contributed by atoms with Crippen LogP contribution in [0.1, 0.15) is 11.4 Å². The van der Waals surface area contributed by atoms with Crippen LogP contribution in [0.5, 0.6) is 0 Å². The van der Waals surface area contributed by atoms with E-state index in [4.69, 9.17) is 0 Å². The number of para-hydroxylation sites is 1. The largest absolute Gasteiger partial charge is 0.406 e. The van der Waals surface area contributed by atoms with Gasteiger partial charge in [0, 0.05) is 32.1 Å². The summed E-state index contributed by atoms with van der Waals surface area (Å²) >= 11 is 0. The number of hydrogen-bond acceptors (Lipinski definition) is 5. The molecule has 0 radical (unpaired) electrons. The lowest BCUT2D eigenvalue weighted by Gasteiger charge is -2.08. The summed E-state index contributed by atoms with van der Waals surface area (Å²) in [6.07, 6.45) is 2.49. The van der Waals surface area contributed by atoms with Crippen molar-refractivity contribution in [3.8, 4) is 0 Å². The summed E-state index contributed by atoms with van der Waals surface area (Å²) in [4.78, 5) is 19.0. The lowest BCUT2D eigenvalue weighted by molar-refractivity contribution is -0.388. The Balaban J connectivity index is 1.78. The van der Waals surface area contributed by atoms with Gasteiger partial charge >= 0.3 is 5.82 Å². The quantitative estimate of drug-likeness (QED) is 0.578. The van der Waals surface area contributed by atoms with Gasteiger partial charge < -0.3 is 15.4 Å². The molecule has 118 valence electrons. The van der Waals surface area contributed by atoms with Crippen molar-refractivity contribution in [2.75, 3.05) is 11.9 Å². The van der Waals surface area contributed by atoms with Crippen LogP contribution in [-0.2, 0) is 13.5 Å². The van der Waals surface area contributed by atoms with Gasteiger partial charge in [-0.15, -0.1) is 0 Å². The number of nitrogens with zero attached hydrogens (tertiary/aromatic N) is 4. The van der Waals surface area contributed by atoms with Crippen LogP contribution in [0, 0.1) is 17.0 Å². The lowest BCUT2D eigenvalue weighted by Crippen LogP contribution is -2.10. The second-order valence-corrected chi connectivity index (χ2v) is 5.32. The third-order valence-corrected chi connectivity index (χ3v) is 3.88. The van der Waals surface area contributed by atoms with E-state index in [0.717, 1.165) is 22.9 Å². The first kappa shape index (κ1) is 15.0. The van der Waals surface area contributed by atoms with Crippen LogP contribution in [0.4, 0.5) is 11.6 Å². The molecule has 1 N–H and O–H groups in total. The number of fused-ring (bicyclic) bond motifs is 1. The first-order chi connectivity index (χ1) is 11.1. The van der Waals surface area contributed by atoms with Gasteiger partial charge in [-0.3, -0.25) is 9.55 Å². The minimum Gasteiger partial charge on any atom is -0.364 e. The lowest BCUT2D eigenvalue weighted by atomic mass is 10.1. The summed E-state index contributed by atoms with van der Waals surface area (Å²) in [6.45, 7) is 2.31. The summed E-state index contributed by atoms with van der Waals surface area (Å²) < 4.78 is 1.69. The molecule has 3 rings (SSSR count). The molecule has 23 heavy (non-hydrogen) atoms. The molecule has 0 unspecified atom stereocenters. The van der Waals surface area contributed by atoms with Gasteiger partial charge in [-0.2, -0.15) is 0 Å². The maximum atomic E-state index is 11.1. The Morgan fingerprint density at radius 2 is 2.09 bits per heavy atom. The van der Waals surface area contributed by atoms with Crippen molar-refractivity contribution < 1.29 is 4.92 Å². The van der Waals surface area contributed by atoms with Gasteiger partial charge in [0.2, 0.25) is 11.6 Å². The van der Waals surface area contributed by atoms with Crippen molar-refractivity contribution in [2.45, 2.75) is 13.3 Å². The van der Waals surface area contributed by atoms with Gasteiger partial charge in [0.1, 0.15) is 0 Å². The Morgan fingerprint density at radius 1 is 1.30 bits per heavy atom. The fourth-order valence-electron chi connectivity index (χ4n) is 2.60. The van der Waals surface area contributed by atoms with E-state index in [1.165, 1.54) is 0 Å². The molecule has 0 bridgehead atoms. The number of rotatable bonds is 5. The zero-order valence-electron chi connectivity index (χ0n) is 13.0. The van der Waals surface area contributed by atoms with E-state index in [9.17, 15) is 10.1 Å². The molecule has 0 fully saturated rings. The van der Waals surface area contributed by atoms with Gasteiger partial charge in [-0.1, -0.05) is 24.3 Å². The van der Waals surface area contributed by atoms with E-state index in [1.807, 2.05) is 30.3 Å². The summed E-state index contributed by atoms with van der Waals surface area (Å²) in [5.41, 5.74) is 2.07. The van der Waals surface area contributed by atoms with Gasteiger partial charge in [-0.25, -0.2) is 0 Å². The average molecular weight is 311 g/mol. The van der Waals surface area contributed by atoms with Crippen molar-refractivity contribution in [2.24, 2.45) is 7.05 Å². The smallest absolute Gasteiger partial charge is 0.364 e. The third kappa shape index (κ3) is 2.85.